The molecule has 1 aromatic rings. The molecule has 0 radical (unpaired) electrons. The van der Waals surface area contributed by atoms with Crippen molar-refractivity contribution >= 4 is 47.3 Å². The quantitative estimate of drug-likeness (QED) is 0.153. The van der Waals surface area contributed by atoms with Crippen LogP contribution in [0, 0.1) is 0 Å². The summed E-state index contributed by atoms with van der Waals surface area (Å²) in [5.41, 5.74) is 21.1. The molecule has 0 saturated carbocycles. The van der Waals surface area contributed by atoms with Crippen LogP contribution in [0.3, 0.4) is 0 Å². The fourth-order valence-electron chi connectivity index (χ4n) is 0.670. The summed E-state index contributed by atoms with van der Waals surface area (Å²) >= 11 is 0. The second kappa shape index (κ2) is 11.0. The molecule has 0 aliphatic heterocycles. The van der Waals surface area contributed by atoms with Crippen LogP contribution < -0.4 is 28.4 Å². The lowest BCUT2D eigenvalue weighted by atomic mass is 10.9. The second-order valence-electron chi connectivity index (χ2n) is 3.52. The van der Waals surface area contributed by atoms with Crippen molar-refractivity contribution in [2.24, 2.45) is 5.73 Å². The molecular formula is C4H15N8O12P3. The zero-order chi connectivity index (χ0) is 22.1. The number of carbonyl (C=O) groups excluding carboxylic acids is 1. The molecule has 0 aliphatic rings. The molecule has 158 valence electrons. The van der Waals surface area contributed by atoms with Crippen LogP contribution in [-0.4, -0.2) is 50.3 Å². The number of amides is 2. The van der Waals surface area contributed by atoms with Gasteiger partial charge < -0.3 is 52.3 Å². The van der Waals surface area contributed by atoms with Crippen molar-refractivity contribution in [1.29, 1.82) is 0 Å². The van der Waals surface area contributed by atoms with Crippen molar-refractivity contribution in [1.82, 2.24) is 20.4 Å². The van der Waals surface area contributed by atoms with Crippen molar-refractivity contribution in [3.63, 3.8) is 0 Å². The molecule has 0 fully saturated rings. The number of phosphoric acid groups is 3. The molecule has 1 heterocycles. The molecule has 0 saturated heterocycles. The van der Waals surface area contributed by atoms with Crippen LogP contribution in [0.5, 0.6) is 0 Å². The molecule has 0 atom stereocenters. The van der Waals surface area contributed by atoms with Gasteiger partial charge in [0.25, 0.3) is 0 Å². The molecule has 1 aromatic heterocycles. The number of nitrogens with zero attached hydrogens (tertiary/aromatic N) is 3. The molecular weight excluding hydrogens is 445 g/mol. The maximum absolute atomic E-state index is 9.74. The zero-order valence-corrected chi connectivity index (χ0v) is 15.3. The Labute approximate surface area is 148 Å². The molecule has 0 aliphatic carbocycles. The first-order valence-electron chi connectivity index (χ1n) is 5.45. The Bertz CT molecular complexity index is 685. The van der Waals surface area contributed by atoms with Gasteiger partial charge in [0.15, 0.2) is 0 Å². The molecule has 0 unspecified atom stereocenters. The number of nitrogens with two attached hydrogens (primary N) is 4. The Morgan fingerprint density at radius 3 is 1.19 bits per heavy atom. The van der Waals surface area contributed by atoms with Crippen LogP contribution in [0.2, 0.25) is 0 Å². The van der Waals surface area contributed by atoms with E-state index in [1.54, 1.807) is 0 Å². The summed E-state index contributed by atoms with van der Waals surface area (Å²) in [4.78, 5) is 66.9. The number of nitrogen functional groups attached to an aromatic ring is 3. The van der Waals surface area contributed by atoms with Crippen molar-refractivity contribution in [2.75, 3.05) is 17.2 Å². The lowest BCUT2D eigenvalue weighted by molar-refractivity contribution is 0.135. The Morgan fingerprint density at radius 2 is 1.07 bits per heavy atom. The van der Waals surface area contributed by atoms with Gasteiger partial charge in [-0.25, -0.2) is 24.0 Å². The number of hydrogen-bond donors (Lipinski definition) is 11. The second-order valence-corrected chi connectivity index (χ2v) is 7.30. The van der Waals surface area contributed by atoms with Crippen LogP contribution >= 0.6 is 23.5 Å². The Kier molecular flexibility index (Phi) is 11.1. The summed E-state index contributed by atoms with van der Waals surface area (Å²) in [7, 11) is -14.7. The summed E-state index contributed by atoms with van der Waals surface area (Å²) in [6, 6.07) is -1.17. The molecule has 1 rings (SSSR count). The summed E-state index contributed by atoms with van der Waals surface area (Å²) in [5.74, 6) is 0.125. The third-order valence-electron chi connectivity index (χ3n) is 1.17. The first-order valence-corrected chi connectivity index (χ1v) is 10.0. The average molecular weight is 460 g/mol. The fraction of sp³-hybridized carbons (Fsp3) is 0. The van der Waals surface area contributed by atoms with E-state index in [1.807, 2.05) is 0 Å². The van der Waals surface area contributed by atoms with Crippen LogP contribution in [0.25, 0.3) is 0 Å². The molecule has 20 nitrogen and oxygen atoms in total. The predicted octanol–water partition coefficient (Wildman–Crippen LogP) is -3.51. The molecule has 0 bridgehead atoms. The summed E-state index contributed by atoms with van der Waals surface area (Å²) in [6.07, 6.45) is 0. The van der Waals surface area contributed by atoms with Gasteiger partial charge in [-0.15, -0.1) is 0 Å². The minimum Gasteiger partial charge on any atom is -0.368 e. The fourth-order valence-corrected chi connectivity index (χ4v) is 1.99. The molecule has 0 spiro atoms. The number of urea groups is 1. The van der Waals surface area contributed by atoms with Gasteiger partial charge in [-0.2, -0.15) is 23.9 Å². The van der Waals surface area contributed by atoms with Crippen molar-refractivity contribution in [3.8, 4) is 0 Å². The maximum Gasteiger partial charge on any atom is 0.491 e. The van der Waals surface area contributed by atoms with E-state index in [2.05, 4.69) is 29.6 Å². The molecule has 15 N–H and O–H groups in total. The minimum atomic E-state index is -5.05. The molecule has 0 aromatic carbocycles. The lowest BCUT2D eigenvalue weighted by Gasteiger charge is -2.03. The number of nitrogens with one attached hydrogen (secondary N) is 1. The number of carbonyl (C=O) groups is 1. The van der Waals surface area contributed by atoms with Crippen LogP contribution in [0.4, 0.5) is 22.6 Å². The van der Waals surface area contributed by atoms with Gasteiger partial charge in [0.2, 0.25) is 17.8 Å². The largest absolute Gasteiger partial charge is 0.491 e. The third kappa shape index (κ3) is 24.1. The standard InChI is InChI=1S/C3H6N6.CH5N2O5P.H4O7P2/c4-1-7-2(5)9-3(6)8-1;2-1(4)3-8-9(5,6)7;1-8(2,3)7-9(4,5)6/h(H6,4,5,6,7,8,9);(H3,2,3,4)(H2,5,6,7);(H2,1,2,3)(H2,4,5,6). The summed E-state index contributed by atoms with van der Waals surface area (Å²) < 4.78 is 35.4. The highest BCUT2D eigenvalue weighted by Crippen LogP contribution is 2.53. The summed E-state index contributed by atoms with van der Waals surface area (Å²) in [6.45, 7) is 0. The number of rotatable bonds is 4. The van der Waals surface area contributed by atoms with E-state index in [4.69, 9.17) is 46.6 Å². The van der Waals surface area contributed by atoms with Gasteiger partial charge in [0.1, 0.15) is 0 Å². The highest BCUT2D eigenvalue weighted by atomic mass is 31.3. The predicted molar refractivity (Wildman–Crippen MR) is 84.1 cm³/mol. The Morgan fingerprint density at radius 1 is 0.778 bits per heavy atom. The van der Waals surface area contributed by atoms with Crippen molar-refractivity contribution in [2.45, 2.75) is 0 Å². The van der Waals surface area contributed by atoms with Gasteiger partial charge >= 0.3 is 29.5 Å². The first-order chi connectivity index (χ1) is 11.8. The van der Waals surface area contributed by atoms with Crippen LogP contribution in [-0.2, 0) is 22.6 Å². The monoisotopic (exact) mass is 460 g/mol. The van der Waals surface area contributed by atoms with Gasteiger partial charge in [-0.05, 0) is 0 Å². The van der Waals surface area contributed by atoms with E-state index in [-0.39, 0.29) is 17.8 Å². The minimum absolute atomic E-state index is 0.0417. The Hall–Kier alpha value is -1.95. The van der Waals surface area contributed by atoms with E-state index in [1.165, 1.54) is 5.48 Å². The number of hydrogen-bond acceptors (Lipinski definition) is 12. The number of hydroxylamine groups is 1. The smallest absolute Gasteiger partial charge is 0.368 e. The topological polar surface area (TPSA) is 363 Å². The van der Waals surface area contributed by atoms with E-state index in [0.717, 1.165) is 0 Å². The van der Waals surface area contributed by atoms with E-state index >= 15 is 0 Å². The van der Waals surface area contributed by atoms with Crippen molar-refractivity contribution < 1.29 is 56.8 Å². The molecule has 27 heavy (non-hydrogen) atoms. The highest BCUT2D eigenvalue weighted by Gasteiger charge is 2.27. The maximum atomic E-state index is 9.74. The number of primary amides is 1. The third-order valence-corrected chi connectivity index (χ3v) is 3.20. The van der Waals surface area contributed by atoms with Crippen LogP contribution in [0.15, 0.2) is 0 Å². The lowest BCUT2D eigenvalue weighted by Crippen LogP contribution is -2.28. The van der Waals surface area contributed by atoms with Crippen molar-refractivity contribution in [3.05, 3.63) is 0 Å². The van der Waals surface area contributed by atoms with Gasteiger partial charge in [-0.3, -0.25) is 0 Å². The molecule has 2 amide bonds. The summed E-state index contributed by atoms with van der Waals surface area (Å²) in [5, 5.41) is 0. The number of aromatic nitrogens is 3. The van der Waals surface area contributed by atoms with Gasteiger partial charge in [-0.1, -0.05) is 0 Å². The van der Waals surface area contributed by atoms with E-state index < -0.39 is 29.5 Å². The SMILES string of the molecule is NC(=O)NOP(=O)(O)O.Nc1nc(N)nc(N)n1.O=P(O)(O)OP(=O)(O)O. The Balaban J connectivity index is 0. The highest BCUT2D eigenvalue weighted by molar-refractivity contribution is 7.60. The number of anilines is 3. The van der Waals surface area contributed by atoms with Crippen LogP contribution in [0.1, 0.15) is 0 Å². The first kappa shape index (κ1) is 27.3. The van der Waals surface area contributed by atoms with Gasteiger partial charge in [0, 0.05) is 0 Å². The average Bonchev–Trinajstić information content (AvgIpc) is 2.30. The normalized spacial score (nSPS) is 11.3. The van der Waals surface area contributed by atoms with Gasteiger partial charge in [0.05, 0.1) is 0 Å². The molecule has 23 heteroatoms. The van der Waals surface area contributed by atoms with E-state index in [9.17, 15) is 18.5 Å². The zero-order valence-electron chi connectivity index (χ0n) is 12.6. The van der Waals surface area contributed by atoms with E-state index in [0.29, 0.717) is 0 Å².